The van der Waals surface area contributed by atoms with Gasteiger partial charge < -0.3 is 0 Å². The number of benzene rings is 1. The van der Waals surface area contributed by atoms with E-state index in [0.29, 0.717) is 16.7 Å². The van der Waals surface area contributed by atoms with E-state index in [9.17, 15) is 4.79 Å². The second-order valence-electron chi connectivity index (χ2n) is 3.02. The first-order chi connectivity index (χ1) is 7.76. The predicted molar refractivity (Wildman–Crippen MR) is 61.9 cm³/mol. The van der Waals surface area contributed by atoms with E-state index in [1.165, 1.54) is 6.26 Å². The van der Waals surface area contributed by atoms with Gasteiger partial charge in [0.15, 0.2) is 0 Å². The fourth-order valence-corrected chi connectivity index (χ4v) is 1.56. The second-order valence-corrected chi connectivity index (χ2v) is 3.40. The summed E-state index contributed by atoms with van der Waals surface area (Å²) in [6, 6.07) is 5.04. The van der Waals surface area contributed by atoms with Crippen LogP contribution in [0.3, 0.4) is 0 Å². The van der Waals surface area contributed by atoms with E-state index >= 15 is 0 Å². The Balaban J connectivity index is 2.80. The number of hydrogen-bond acceptors (Lipinski definition) is 4. The minimum absolute atomic E-state index is 0.206. The third-order valence-electron chi connectivity index (χ3n) is 2.13. The quantitative estimate of drug-likeness (QED) is 0.619. The summed E-state index contributed by atoms with van der Waals surface area (Å²) in [6.07, 6.45) is 1.31. The molecule has 0 atom stereocenters. The molecule has 0 radical (unpaired) electrons. The van der Waals surface area contributed by atoms with Gasteiger partial charge in [0.05, 0.1) is 0 Å². The van der Waals surface area contributed by atoms with Gasteiger partial charge in [-0.15, -0.1) is 0 Å². The monoisotopic (exact) mass is 281 g/mol. The van der Waals surface area contributed by atoms with Gasteiger partial charge in [-0.1, -0.05) is 0 Å². The molecule has 0 aliphatic carbocycles. The summed E-state index contributed by atoms with van der Waals surface area (Å²) in [5.41, 5.74) is 0.507. The summed E-state index contributed by atoms with van der Waals surface area (Å²) < 4.78 is 12.7. The van der Waals surface area contributed by atoms with Gasteiger partial charge >= 0.3 is 98.6 Å². The van der Waals surface area contributed by atoms with Crippen molar-refractivity contribution >= 4 is 36.9 Å². The standard InChI is InChI=1S/C11H7NO3Se/c1-14-7-2-3-10-8(4-7)11(13)9(5-15-10)12-6-16/h2-5H,1H3. The van der Waals surface area contributed by atoms with Gasteiger partial charge in [0.1, 0.15) is 0 Å². The van der Waals surface area contributed by atoms with E-state index in [2.05, 4.69) is 25.3 Å². The number of ether oxygens (including phenoxy) is 1. The van der Waals surface area contributed by atoms with Gasteiger partial charge in [0.25, 0.3) is 0 Å². The molecule has 0 saturated heterocycles. The second kappa shape index (κ2) is 4.45. The maximum atomic E-state index is 11.9. The molecule has 2 aromatic rings. The molecule has 0 bridgehead atoms. The van der Waals surface area contributed by atoms with Gasteiger partial charge in [-0.2, -0.15) is 0 Å². The molecule has 0 amide bonds. The molecule has 2 rings (SSSR count). The number of nitrogens with zero attached hydrogens (tertiary/aromatic N) is 1. The van der Waals surface area contributed by atoms with Crippen molar-refractivity contribution < 1.29 is 9.15 Å². The van der Waals surface area contributed by atoms with Crippen LogP contribution in [0.15, 0.2) is 38.7 Å². The Bertz CT molecular complexity index is 641. The molecular formula is C11H7NO3Se. The van der Waals surface area contributed by atoms with Crippen LogP contribution in [0.2, 0.25) is 0 Å². The molecule has 0 unspecified atom stereocenters. The Morgan fingerprint density at radius 2 is 2.31 bits per heavy atom. The zero-order valence-corrected chi connectivity index (χ0v) is 10.1. The Labute approximate surface area is 98.9 Å². The normalized spacial score (nSPS) is 9.81. The Kier molecular flexibility index (Phi) is 3.02. The van der Waals surface area contributed by atoms with E-state index in [1.54, 1.807) is 25.3 Å². The molecular weight excluding hydrogens is 273 g/mol. The maximum absolute atomic E-state index is 11.9. The van der Waals surface area contributed by atoms with Crippen LogP contribution in [-0.2, 0) is 0 Å². The van der Waals surface area contributed by atoms with Crippen LogP contribution in [0, 0.1) is 0 Å². The van der Waals surface area contributed by atoms with E-state index < -0.39 is 0 Å². The molecule has 0 aliphatic heterocycles. The SMILES string of the molecule is COc1ccc2occ(N=C=[Se])c(=O)c2c1. The summed E-state index contributed by atoms with van der Waals surface area (Å²) in [7, 11) is 1.54. The minimum atomic E-state index is -0.206. The summed E-state index contributed by atoms with van der Waals surface area (Å²) in [6.45, 7) is 0. The summed E-state index contributed by atoms with van der Waals surface area (Å²) in [5, 5.41) is 0.441. The molecule has 0 N–H and O–H groups in total. The van der Waals surface area contributed by atoms with Crippen LogP contribution in [0.25, 0.3) is 11.0 Å². The van der Waals surface area contributed by atoms with Crippen LogP contribution in [0.1, 0.15) is 0 Å². The molecule has 1 aromatic heterocycles. The molecule has 0 aliphatic rings. The van der Waals surface area contributed by atoms with Crippen molar-refractivity contribution in [3.05, 3.63) is 34.7 Å². The van der Waals surface area contributed by atoms with E-state index in [-0.39, 0.29) is 11.1 Å². The van der Waals surface area contributed by atoms with Crippen molar-refractivity contribution in [3.63, 3.8) is 0 Å². The van der Waals surface area contributed by atoms with Crippen molar-refractivity contribution in [1.82, 2.24) is 0 Å². The van der Waals surface area contributed by atoms with E-state index in [4.69, 9.17) is 9.15 Å². The Morgan fingerprint density at radius 1 is 1.50 bits per heavy atom. The third kappa shape index (κ3) is 1.84. The number of hydrogen-bond donors (Lipinski definition) is 0. The first kappa shape index (κ1) is 10.8. The van der Waals surface area contributed by atoms with Crippen molar-refractivity contribution in [2.24, 2.45) is 4.99 Å². The molecule has 0 fully saturated rings. The Hall–Kier alpha value is -1.67. The molecule has 5 heteroatoms. The molecule has 0 saturated carbocycles. The van der Waals surface area contributed by atoms with Crippen molar-refractivity contribution in [1.29, 1.82) is 0 Å². The zero-order valence-electron chi connectivity index (χ0n) is 8.39. The van der Waals surface area contributed by atoms with E-state index in [0.717, 1.165) is 0 Å². The molecule has 1 heterocycles. The van der Waals surface area contributed by atoms with Crippen LogP contribution < -0.4 is 10.2 Å². The fourth-order valence-electron chi connectivity index (χ4n) is 1.35. The summed E-state index contributed by atoms with van der Waals surface area (Å²) >= 11 is 2.47. The van der Waals surface area contributed by atoms with Gasteiger partial charge in [-0.25, -0.2) is 0 Å². The van der Waals surface area contributed by atoms with Crippen LogP contribution >= 0.6 is 0 Å². The Morgan fingerprint density at radius 3 is 3.00 bits per heavy atom. The van der Waals surface area contributed by atoms with Crippen molar-refractivity contribution in [3.8, 4) is 5.75 Å². The van der Waals surface area contributed by atoms with Crippen LogP contribution in [-0.4, -0.2) is 27.4 Å². The van der Waals surface area contributed by atoms with Crippen LogP contribution in [0.4, 0.5) is 5.69 Å². The van der Waals surface area contributed by atoms with Gasteiger partial charge in [-0.05, 0) is 0 Å². The molecule has 16 heavy (non-hydrogen) atoms. The number of methoxy groups -OCH3 is 1. The van der Waals surface area contributed by atoms with Crippen molar-refractivity contribution in [2.45, 2.75) is 0 Å². The molecule has 0 spiro atoms. The predicted octanol–water partition coefficient (Wildman–Crippen LogP) is 1.51. The number of rotatable bonds is 2. The first-order valence-electron chi connectivity index (χ1n) is 4.43. The average Bonchev–Trinajstić information content (AvgIpc) is 2.33. The summed E-state index contributed by atoms with van der Waals surface area (Å²) in [5.74, 6) is 0.605. The van der Waals surface area contributed by atoms with E-state index in [1.807, 2.05) is 0 Å². The van der Waals surface area contributed by atoms with Crippen LogP contribution in [0.5, 0.6) is 5.75 Å². The van der Waals surface area contributed by atoms with Gasteiger partial charge in [0.2, 0.25) is 0 Å². The zero-order chi connectivity index (χ0) is 11.5. The summed E-state index contributed by atoms with van der Waals surface area (Å²) in [4.78, 5) is 15.7. The number of fused-ring (bicyclic) bond motifs is 1. The molecule has 4 nitrogen and oxygen atoms in total. The molecule has 80 valence electrons. The van der Waals surface area contributed by atoms with Gasteiger partial charge in [-0.3, -0.25) is 0 Å². The molecule has 1 aromatic carbocycles. The number of aliphatic imine (C=N–C) groups is 1. The van der Waals surface area contributed by atoms with Crippen molar-refractivity contribution in [2.75, 3.05) is 7.11 Å². The van der Waals surface area contributed by atoms with Gasteiger partial charge in [0, 0.05) is 0 Å². The first-order valence-corrected chi connectivity index (χ1v) is 5.29. The average molecular weight is 280 g/mol. The fraction of sp³-hybridized carbons (Fsp3) is 0.0909. The topological polar surface area (TPSA) is 51.8 Å². The third-order valence-corrected chi connectivity index (χ3v) is 2.32.